The zero-order chi connectivity index (χ0) is 28.8. The van der Waals surface area contributed by atoms with E-state index < -0.39 is 10.0 Å². The Labute approximate surface area is 247 Å². The van der Waals surface area contributed by atoms with Crippen molar-refractivity contribution in [3.05, 3.63) is 72.4 Å². The summed E-state index contributed by atoms with van der Waals surface area (Å²) in [6.07, 6.45) is 4.39. The van der Waals surface area contributed by atoms with Gasteiger partial charge in [0, 0.05) is 36.4 Å². The number of benzene rings is 2. The molecule has 2 aromatic carbocycles. The topological polar surface area (TPSA) is 87.7 Å². The van der Waals surface area contributed by atoms with E-state index in [9.17, 15) is 8.42 Å². The molecule has 0 spiro atoms. The van der Waals surface area contributed by atoms with Gasteiger partial charge < -0.3 is 10.1 Å². The van der Waals surface area contributed by atoms with Crippen LogP contribution in [0.4, 0.5) is 11.6 Å². The summed E-state index contributed by atoms with van der Waals surface area (Å²) in [5.74, 6) is 1.36. The van der Waals surface area contributed by atoms with Gasteiger partial charge in [-0.1, -0.05) is 26.0 Å². The van der Waals surface area contributed by atoms with E-state index in [4.69, 9.17) is 9.72 Å². The maximum atomic E-state index is 13.0. The largest absolute Gasteiger partial charge is 0.492 e. The summed E-state index contributed by atoms with van der Waals surface area (Å²) >= 11 is 1.58. The molecule has 0 atom stereocenters. The number of nitrogens with one attached hydrogen (secondary N) is 1. The molecule has 1 N–H and O–H groups in total. The summed E-state index contributed by atoms with van der Waals surface area (Å²) in [5.41, 5.74) is 3.54. The van der Waals surface area contributed by atoms with Crippen molar-refractivity contribution in [3.63, 3.8) is 0 Å². The summed E-state index contributed by atoms with van der Waals surface area (Å²) in [7, 11) is -3.53. The fraction of sp³-hybridized carbons (Fsp3) is 0.355. The third kappa shape index (κ3) is 6.95. The van der Waals surface area contributed by atoms with Gasteiger partial charge in [-0.15, -0.1) is 11.3 Å². The van der Waals surface area contributed by atoms with Crippen LogP contribution in [0.15, 0.2) is 71.8 Å². The second-order valence-electron chi connectivity index (χ2n) is 10.1. The number of aromatic nitrogens is 2. The number of sulfonamides is 1. The van der Waals surface area contributed by atoms with Crippen molar-refractivity contribution in [1.82, 2.24) is 19.2 Å². The van der Waals surface area contributed by atoms with Crippen LogP contribution in [0.2, 0.25) is 0 Å². The van der Waals surface area contributed by atoms with E-state index in [1.54, 1.807) is 29.5 Å². The van der Waals surface area contributed by atoms with Crippen LogP contribution in [0.25, 0.3) is 21.0 Å². The minimum Gasteiger partial charge on any atom is -0.492 e. The van der Waals surface area contributed by atoms with Gasteiger partial charge in [-0.3, -0.25) is 4.90 Å². The zero-order valence-electron chi connectivity index (χ0n) is 23.8. The van der Waals surface area contributed by atoms with Crippen LogP contribution in [0.1, 0.15) is 32.3 Å². The summed E-state index contributed by atoms with van der Waals surface area (Å²) < 4.78 is 33.5. The molecule has 1 saturated heterocycles. The van der Waals surface area contributed by atoms with Gasteiger partial charge >= 0.3 is 0 Å². The molecule has 8 nitrogen and oxygen atoms in total. The van der Waals surface area contributed by atoms with Crippen LogP contribution in [0, 0.1) is 6.92 Å². The Kier molecular flexibility index (Phi) is 9.34. The van der Waals surface area contributed by atoms with E-state index in [2.05, 4.69) is 15.2 Å². The Morgan fingerprint density at radius 2 is 1.73 bits per heavy atom. The van der Waals surface area contributed by atoms with E-state index in [1.165, 1.54) is 30.2 Å². The number of rotatable bonds is 12. The van der Waals surface area contributed by atoms with Gasteiger partial charge in [-0.25, -0.2) is 18.4 Å². The summed E-state index contributed by atoms with van der Waals surface area (Å²) in [6, 6.07) is 19.0. The smallest absolute Gasteiger partial charge is 0.243 e. The lowest BCUT2D eigenvalue weighted by molar-refractivity contribution is 0.238. The van der Waals surface area contributed by atoms with E-state index in [-0.39, 0.29) is 0 Å². The molecule has 0 aliphatic carbocycles. The van der Waals surface area contributed by atoms with Gasteiger partial charge in [0.2, 0.25) is 16.0 Å². The first-order chi connectivity index (χ1) is 19.9. The second-order valence-corrected chi connectivity index (χ2v) is 13.1. The molecule has 216 valence electrons. The maximum Gasteiger partial charge on any atom is 0.243 e. The number of hydrogen-bond acceptors (Lipinski definition) is 8. The maximum absolute atomic E-state index is 13.0. The van der Waals surface area contributed by atoms with Crippen LogP contribution in [-0.4, -0.2) is 66.9 Å². The highest BCUT2D eigenvalue weighted by Crippen LogP contribution is 2.36. The molecule has 2 aromatic heterocycles. The minimum atomic E-state index is -3.53. The van der Waals surface area contributed by atoms with Gasteiger partial charge in [0.15, 0.2) is 0 Å². The number of hydrogen-bond donors (Lipinski definition) is 1. The van der Waals surface area contributed by atoms with Gasteiger partial charge in [0.05, 0.1) is 15.5 Å². The minimum absolute atomic E-state index is 0.307. The standard InChI is InChI=1S/C31H37N5O3S2/c1-4-36(5-2)41(37,38)27-10-8-9-24(21-27)28-15-16-29(40-28)30-23(3)22-32-31(34-30)33-25-11-13-26(14-12-25)39-20-19-35-17-6-7-18-35/h8-16,21-22H,4-7,17-20H2,1-3H3,(H,32,33,34). The molecule has 0 radical (unpaired) electrons. The monoisotopic (exact) mass is 591 g/mol. The lowest BCUT2D eigenvalue weighted by Gasteiger charge is -2.18. The van der Waals surface area contributed by atoms with Crippen LogP contribution in [-0.2, 0) is 10.0 Å². The fourth-order valence-corrected chi connectivity index (χ4v) is 7.52. The van der Waals surface area contributed by atoms with Crippen molar-refractivity contribution < 1.29 is 13.2 Å². The number of aryl methyl sites for hydroxylation is 1. The summed E-state index contributed by atoms with van der Waals surface area (Å²) in [5, 5.41) is 3.30. The molecular weight excluding hydrogens is 555 g/mol. The third-order valence-electron chi connectivity index (χ3n) is 7.26. The zero-order valence-corrected chi connectivity index (χ0v) is 25.5. The molecule has 10 heteroatoms. The fourth-order valence-electron chi connectivity index (χ4n) is 4.96. The highest BCUT2D eigenvalue weighted by atomic mass is 32.2. The van der Waals surface area contributed by atoms with Crippen molar-refractivity contribution in [2.45, 2.75) is 38.5 Å². The SMILES string of the molecule is CCN(CC)S(=O)(=O)c1cccc(-c2ccc(-c3nc(Nc4ccc(OCCN5CCCC5)cc4)ncc3C)s2)c1. The Balaban J connectivity index is 1.28. The number of nitrogens with zero attached hydrogens (tertiary/aromatic N) is 4. The van der Waals surface area contributed by atoms with E-state index in [1.807, 2.05) is 69.4 Å². The van der Waals surface area contributed by atoms with Crippen molar-refractivity contribution in [3.8, 4) is 26.8 Å². The predicted molar refractivity (Wildman–Crippen MR) is 167 cm³/mol. The van der Waals surface area contributed by atoms with E-state index in [0.29, 0.717) is 30.5 Å². The molecule has 0 amide bonds. The van der Waals surface area contributed by atoms with Gasteiger partial charge in [-0.2, -0.15) is 4.31 Å². The summed E-state index contributed by atoms with van der Waals surface area (Å²) in [4.78, 5) is 14.0. The van der Waals surface area contributed by atoms with E-state index in [0.717, 1.165) is 44.6 Å². The lowest BCUT2D eigenvalue weighted by atomic mass is 10.2. The Morgan fingerprint density at radius 1 is 1.00 bits per heavy atom. The van der Waals surface area contributed by atoms with E-state index >= 15 is 0 Å². The second kappa shape index (κ2) is 13.1. The molecule has 0 bridgehead atoms. The molecule has 0 unspecified atom stereocenters. The average Bonchev–Trinajstić information content (AvgIpc) is 3.69. The van der Waals surface area contributed by atoms with Crippen LogP contribution < -0.4 is 10.1 Å². The third-order valence-corrected chi connectivity index (χ3v) is 10.4. The molecular formula is C31H37N5O3S2. The van der Waals surface area contributed by atoms with Crippen molar-refractivity contribution >= 4 is 33.0 Å². The normalized spacial score (nSPS) is 14.0. The van der Waals surface area contributed by atoms with Crippen LogP contribution >= 0.6 is 11.3 Å². The van der Waals surface area contributed by atoms with Crippen molar-refractivity contribution in [1.29, 1.82) is 0 Å². The first kappa shape index (κ1) is 29.2. The van der Waals surface area contributed by atoms with Crippen molar-refractivity contribution in [2.24, 2.45) is 0 Å². The molecule has 1 aliphatic heterocycles. The molecule has 3 heterocycles. The first-order valence-electron chi connectivity index (χ1n) is 14.1. The summed E-state index contributed by atoms with van der Waals surface area (Å²) in [6.45, 7) is 10.6. The molecule has 1 aliphatic rings. The lowest BCUT2D eigenvalue weighted by Crippen LogP contribution is -2.30. The Bertz CT molecular complexity index is 1560. The molecule has 41 heavy (non-hydrogen) atoms. The van der Waals surface area contributed by atoms with Crippen molar-refractivity contribution in [2.75, 3.05) is 44.6 Å². The molecule has 5 rings (SSSR count). The predicted octanol–water partition coefficient (Wildman–Crippen LogP) is 6.43. The number of likely N-dealkylation sites (tertiary alicyclic amines) is 1. The average molecular weight is 592 g/mol. The van der Waals surface area contributed by atoms with Crippen LogP contribution in [0.5, 0.6) is 5.75 Å². The molecule has 4 aromatic rings. The Hall–Kier alpha value is -3.31. The quantitative estimate of drug-likeness (QED) is 0.203. The van der Waals surface area contributed by atoms with Gasteiger partial charge in [0.1, 0.15) is 12.4 Å². The van der Waals surface area contributed by atoms with Crippen LogP contribution in [0.3, 0.4) is 0 Å². The first-order valence-corrected chi connectivity index (χ1v) is 16.4. The number of ether oxygens (including phenoxy) is 1. The molecule has 1 fully saturated rings. The number of thiophene rings is 1. The van der Waals surface area contributed by atoms with Gasteiger partial charge in [-0.05, 0) is 92.5 Å². The highest BCUT2D eigenvalue weighted by molar-refractivity contribution is 7.89. The Morgan fingerprint density at radius 3 is 2.46 bits per heavy atom. The number of anilines is 2. The highest BCUT2D eigenvalue weighted by Gasteiger charge is 2.22. The van der Waals surface area contributed by atoms with Gasteiger partial charge in [0.25, 0.3) is 0 Å². The molecule has 0 saturated carbocycles.